The van der Waals surface area contributed by atoms with Gasteiger partial charge in [-0.1, -0.05) is 17.7 Å². The molecule has 23 heavy (non-hydrogen) atoms. The van der Waals surface area contributed by atoms with E-state index in [9.17, 15) is 9.90 Å². The van der Waals surface area contributed by atoms with Crippen LogP contribution in [0, 0.1) is 0 Å². The number of amides is 1. The van der Waals surface area contributed by atoms with E-state index < -0.39 is 0 Å². The molecule has 126 valence electrons. The first-order chi connectivity index (χ1) is 11.0. The number of aromatic hydroxyl groups is 1. The fourth-order valence-electron chi connectivity index (χ4n) is 3.01. The van der Waals surface area contributed by atoms with Crippen molar-refractivity contribution < 1.29 is 9.90 Å². The van der Waals surface area contributed by atoms with Crippen molar-refractivity contribution in [2.75, 3.05) is 27.2 Å². The molecule has 4 heteroatoms. The Morgan fingerprint density at radius 2 is 1.87 bits per heavy atom. The average molecular weight is 316 g/mol. The van der Waals surface area contributed by atoms with Gasteiger partial charge in [0.2, 0.25) is 5.91 Å². The summed E-state index contributed by atoms with van der Waals surface area (Å²) in [5.74, 6) is 0.375. The van der Waals surface area contributed by atoms with Gasteiger partial charge in [0.25, 0.3) is 0 Å². The molecule has 1 aliphatic carbocycles. The van der Waals surface area contributed by atoms with Crippen LogP contribution in [-0.4, -0.2) is 48.0 Å². The van der Waals surface area contributed by atoms with Crippen LogP contribution in [0.25, 0.3) is 0 Å². The third kappa shape index (κ3) is 5.10. The third-order valence-corrected chi connectivity index (χ3v) is 4.45. The molecule has 1 amide bonds. The van der Waals surface area contributed by atoms with Crippen LogP contribution >= 0.6 is 0 Å². The fourth-order valence-corrected chi connectivity index (χ4v) is 3.01. The molecule has 0 spiro atoms. The van der Waals surface area contributed by atoms with E-state index in [0.29, 0.717) is 13.1 Å². The van der Waals surface area contributed by atoms with Gasteiger partial charge in [-0.25, -0.2) is 0 Å². The molecular formula is C19H28N2O2. The summed E-state index contributed by atoms with van der Waals surface area (Å²) in [4.78, 5) is 16.9. The van der Waals surface area contributed by atoms with Gasteiger partial charge in [-0.15, -0.1) is 0 Å². The number of likely N-dealkylation sites (N-methyl/N-ethyl adjacent to an activating group) is 1. The standard InChI is InChI=1S/C19H28N2O2/c1-15(17-8-4-5-9-17)19(23)21(12-11-20(2)3)14-16-7-6-10-18(22)13-16/h6-7,10,13,22H,4-5,8-9,11-12,14H2,1-3H3. The van der Waals surface area contributed by atoms with E-state index in [-0.39, 0.29) is 11.7 Å². The van der Waals surface area contributed by atoms with Crippen LogP contribution in [0.3, 0.4) is 0 Å². The van der Waals surface area contributed by atoms with Crippen molar-refractivity contribution in [1.29, 1.82) is 0 Å². The smallest absolute Gasteiger partial charge is 0.249 e. The molecule has 0 bridgehead atoms. The molecule has 1 aromatic rings. The van der Waals surface area contributed by atoms with E-state index in [1.54, 1.807) is 12.1 Å². The zero-order chi connectivity index (χ0) is 16.8. The van der Waals surface area contributed by atoms with Gasteiger partial charge < -0.3 is 14.9 Å². The van der Waals surface area contributed by atoms with E-state index in [1.807, 2.05) is 38.1 Å². The highest BCUT2D eigenvalue weighted by Crippen LogP contribution is 2.28. The van der Waals surface area contributed by atoms with Crippen LogP contribution in [-0.2, 0) is 11.3 Å². The fraction of sp³-hybridized carbons (Fsp3) is 0.526. The van der Waals surface area contributed by atoms with Crippen LogP contribution in [0.4, 0.5) is 0 Å². The summed E-state index contributed by atoms with van der Waals surface area (Å²) in [6.07, 6.45) is 4.52. The maximum Gasteiger partial charge on any atom is 0.249 e. The Labute approximate surface area is 139 Å². The molecule has 0 saturated heterocycles. The van der Waals surface area contributed by atoms with E-state index in [1.165, 1.54) is 18.4 Å². The van der Waals surface area contributed by atoms with Gasteiger partial charge >= 0.3 is 0 Å². The van der Waals surface area contributed by atoms with Crippen molar-refractivity contribution in [3.63, 3.8) is 0 Å². The molecule has 0 heterocycles. The average Bonchev–Trinajstić information content (AvgIpc) is 3.04. The molecule has 1 saturated carbocycles. The second kappa shape index (κ2) is 8.16. The van der Waals surface area contributed by atoms with Gasteiger partial charge in [-0.05, 0) is 64.4 Å². The minimum atomic E-state index is 0.132. The predicted molar refractivity (Wildman–Crippen MR) is 93.2 cm³/mol. The molecule has 1 N–H and O–H groups in total. The molecule has 0 aliphatic heterocycles. The zero-order valence-electron chi connectivity index (χ0n) is 14.5. The number of phenols is 1. The molecule has 1 aromatic carbocycles. The first-order valence-corrected chi connectivity index (χ1v) is 8.38. The molecule has 0 radical (unpaired) electrons. The summed E-state index contributed by atoms with van der Waals surface area (Å²) >= 11 is 0. The van der Waals surface area contributed by atoms with Crippen molar-refractivity contribution in [1.82, 2.24) is 9.80 Å². The van der Waals surface area contributed by atoms with Gasteiger partial charge in [0, 0.05) is 25.2 Å². The van der Waals surface area contributed by atoms with Gasteiger partial charge in [0.15, 0.2) is 0 Å². The van der Waals surface area contributed by atoms with Gasteiger partial charge in [-0.3, -0.25) is 4.79 Å². The summed E-state index contributed by atoms with van der Waals surface area (Å²) < 4.78 is 0. The first kappa shape index (κ1) is 17.5. The lowest BCUT2D eigenvalue weighted by atomic mass is 10.1. The number of phenolic OH excluding ortho intramolecular Hbond substituents is 1. The molecule has 1 fully saturated rings. The summed E-state index contributed by atoms with van der Waals surface area (Å²) in [6.45, 7) is 4.01. The number of hydrogen-bond donors (Lipinski definition) is 1. The lowest BCUT2D eigenvalue weighted by molar-refractivity contribution is -0.127. The maximum absolute atomic E-state index is 12.9. The Balaban J connectivity index is 2.15. The van der Waals surface area contributed by atoms with E-state index >= 15 is 0 Å². The summed E-state index contributed by atoms with van der Waals surface area (Å²) in [7, 11) is 4.03. The van der Waals surface area contributed by atoms with Crippen molar-refractivity contribution in [3.05, 3.63) is 41.0 Å². The molecule has 1 aliphatic rings. The monoisotopic (exact) mass is 316 g/mol. The topological polar surface area (TPSA) is 43.8 Å². The van der Waals surface area contributed by atoms with Crippen LogP contribution in [0.15, 0.2) is 35.4 Å². The number of benzene rings is 1. The highest BCUT2D eigenvalue weighted by atomic mass is 16.3. The van der Waals surface area contributed by atoms with E-state index in [2.05, 4.69) is 4.90 Å². The Hall–Kier alpha value is -1.81. The van der Waals surface area contributed by atoms with Gasteiger partial charge in [-0.2, -0.15) is 0 Å². The molecule has 2 rings (SSSR count). The minimum absolute atomic E-state index is 0.132. The highest BCUT2D eigenvalue weighted by Gasteiger charge is 2.20. The normalized spacial score (nSPS) is 14.3. The predicted octanol–water partition coefficient (Wildman–Crippen LogP) is 3.17. The maximum atomic E-state index is 12.9. The number of carbonyl (C=O) groups excluding carboxylic acids is 1. The largest absolute Gasteiger partial charge is 0.508 e. The van der Waals surface area contributed by atoms with Crippen molar-refractivity contribution >= 4 is 5.91 Å². The summed E-state index contributed by atoms with van der Waals surface area (Å²) in [5, 5.41) is 9.64. The highest BCUT2D eigenvalue weighted by molar-refractivity contribution is 5.93. The summed E-state index contributed by atoms with van der Waals surface area (Å²) in [5.41, 5.74) is 3.20. The van der Waals surface area contributed by atoms with Crippen LogP contribution in [0.1, 0.15) is 38.2 Å². The summed E-state index contributed by atoms with van der Waals surface area (Å²) in [6, 6.07) is 7.16. The Bertz CT molecular complexity index is 570. The Morgan fingerprint density at radius 1 is 1.17 bits per heavy atom. The first-order valence-electron chi connectivity index (χ1n) is 8.38. The van der Waals surface area contributed by atoms with Crippen molar-refractivity contribution in [3.8, 4) is 5.75 Å². The van der Waals surface area contributed by atoms with E-state index in [4.69, 9.17) is 0 Å². The second-order valence-electron chi connectivity index (χ2n) is 6.64. The third-order valence-electron chi connectivity index (χ3n) is 4.45. The zero-order valence-corrected chi connectivity index (χ0v) is 14.5. The quantitative estimate of drug-likeness (QED) is 0.820. The molecule has 0 aromatic heterocycles. The molecule has 0 unspecified atom stereocenters. The number of carbonyl (C=O) groups is 1. The Kier molecular flexibility index (Phi) is 6.22. The minimum Gasteiger partial charge on any atom is -0.508 e. The number of rotatable bonds is 6. The van der Waals surface area contributed by atoms with Crippen molar-refractivity contribution in [2.24, 2.45) is 0 Å². The van der Waals surface area contributed by atoms with Crippen molar-refractivity contribution in [2.45, 2.75) is 39.2 Å². The molecule has 0 atom stereocenters. The Morgan fingerprint density at radius 3 is 2.48 bits per heavy atom. The molecule has 4 nitrogen and oxygen atoms in total. The van der Waals surface area contributed by atoms with Crippen LogP contribution < -0.4 is 0 Å². The lowest BCUT2D eigenvalue weighted by Gasteiger charge is -2.25. The van der Waals surface area contributed by atoms with Gasteiger partial charge in [0.05, 0.1) is 0 Å². The molecular weight excluding hydrogens is 288 g/mol. The van der Waals surface area contributed by atoms with E-state index in [0.717, 1.165) is 30.5 Å². The lowest BCUT2D eigenvalue weighted by Crippen LogP contribution is -2.37. The number of nitrogens with zero attached hydrogens (tertiary/aromatic N) is 2. The second-order valence-corrected chi connectivity index (χ2v) is 6.64. The SMILES string of the molecule is CC(C(=O)N(CCN(C)C)Cc1cccc(O)c1)=C1CCCC1. The van der Waals surface area contributed by atoms with Gasteiger partial charge in [0.1, 0.15) is 5.75 Å². The number of allylic oxidation sites excluding steroid dienone is 1. The number of hydrogen-bond acceptors (Lipinski definition) is 3. The van der Waals surface area contributed by atoms with Crippen LogP contribution in [0.2, 0.25) is 0 Å². The van der Waals surface area contributed by atoms with Crippen LogP contribution in [0.5, 0.6) is 5.75 Å².